The van der Waals surface area contributed by atoms with Gasteiger partial charge in [0.15, 0.2) is 5.54 Å². The summed E-state index contributed by atoms with van der Waals surface area (Å²) in [4.78, 5) is 25.5. The fraction of sp³-hybridized carbons (Fsp3) is 0.385. The van der Waals surface area contributed by atoms with Gasteiger partial charge in [0.2, 0.25) is 0 Å². The lowest BCUT2D eigenvalue weighted by Crippen LogP contribution is -2.43. The largest absolute Gasteiger partial charge is 0.467 e. The number of hydrogen-bond donors (Lipinski definition) is 1. The molecule has 1 heterocycles. The van der Waals surface area contributed by atoms with Crippen LogP contribution in [0, 0.1) is 0 Å². The third-order valence-corrected chi connectivity index (χ3v) is 5.39. The molecule has 0 fully saturated rings. The summed E-state index contributed by atoms with van der Waals surface area (Å²) in [6.45, 7) is 11.4. The minimum absolute atomic E-state index is 0.389. The maximum absolute atomic E-state index is 13.1. The Balaban J connectivity index is 0.00000187. The molecule has 1 N–H and O–H groups in total. The molecule has 33 heavy (non-hydrogen) atoms. The molecule has 0 aliphatic carbocycles. The molecule has 0 saturated heterocycles. The fourth-order valence-electron chi connectivity index (χ4n) is 3.79. The minimum Gasteiger partial charge on any atom is -0.467 e. The van der Waals surface area contributed by atoms with Crippen LogP contribution >= 0.6 is 11.6 Å². The summed E-state index contributed by atoms with van der Waals surface area (Å²) >= 11 is 6.08. The summed E-state index contributed by atoms with van der Waals surface area (Å²) in [6, 6.07) is 14.6. The number of ether oxygens (including phenoxy) is 2. The van der Waals surface area contributed by atoms with Crippen LogP contribution in [0.1, 0.15) is 53.5 Å². The van der Waals surface area contributed by atoms with Crippen molar-refractivity contribution >= 4 is 40.3 Å². The second kappa shape index (κ2) is 10.8. The standard InChI is InChI=1S/C24H27ClN2O4.C2H6/c1-6-24(21(28)30-5,16-10-12-17(25)13-11-16)27-15-14-18-19(8-7-9-20(18)27)26-22(29)31-23(2,3)4;1-2/h7-15H,6H2,1-5H3,(H,26,29);1-2H3. The minimum atomic E-state index is -1.09. The summed E-state index contributed by atoms with van der Waals surface area (Å²) in [7, 11) is 1.38. The van der Waals surface area contributed by atoms with Gasteiger partial charge in [-0.05, 0) is 63.1 Å². The van der Waals surface area contributed by atoms with E-state index in [-0.39, 0.29) is 5.97 Å². The summed E-state index contributed by atoms with van der Waals surface area (Å²) < 4.78 is 12.5. The first-order valence-electron chi connectivity index (χ1n) is 11.1. The van der Waals surface area contributed by atoms with Crippen LogP contribution in [0.5, 0.6) is 0 Å². The van der Waals surface area contributed by atoms with Gasteiger partial charge in [0.1, 0.15) is 5.60 Å². The van der Waals surface area contributed by atoms with Crippen molar-refractivity contribution in [3.05, 3.63) is 65.3 Å². The summed E-state index contributed by atoms with van der Waals surface area (Å²) in [5.41, 5.74) is 0.424. The number of hydrogen-bond acceptors (Lipinski definition) is 4. The molecule has 0 spiro atoms. The van der Waals surface area contributed by atoms with Gasteiger partial charge in [0, 0.05) is 16.6 Å². The zero-order chi connectivity index (χ0) is 24.8. The second-order valence-corrected chi connectivity index (χ2v) is 8.70. The number of fused-ring (bicyclic) bond motifs is 1. The second-order valence-electron chi connectivity index (χ2n) is 8.26. The molecule has 0 radical (unpaired) electrons. The summed E-state index contributed by atoms with van der Waals surface area (Å²) in [5.74, 6) is -0.389. The van der Waals surface area contributed by atoms with E-state index >= 15 is 0 Å². The van der Waals surface area contributed by atoms with Crippen molar-refractivity contribution < 1.29 is 19.1 Å². The number of esters is 1. The Hall–Kier alpha value is -2.99. The van der Waals surface area contributed by atoms with E-state index in [1.807, 2.05) is 82.6 Å². The molecule has 0 bridgehead atoms. The van der Waals surface area contributed by atoms with E-state index in [0.29, 0.717) is 17.1 Å². The number of aromatic nitrogens is 1. The lowest BCUT2D eigenvalue weighted by atomic mass is 9.86. The molecule has 7 heteroatoms. The number of carbonyl (C=O) groups is 2. The maximum Gasteiger partial charge on any atom is 0.412 e. The highest BCUT2D eigenvalue weighted by molar-refractivity contribution is 6.30. The predicted molar refractivity (Wildman–Crippen MR) is 134 cm³/mol. The zero-order valence-electron chi connectivity index (χ0n) is 20.4. The van der Waals surface area contributed by atoms with E-state index in [2.05, 4.69) is 5.32 Å². The van der Waals surface area contributed by atoms with Crippen molar-refractivity contribution in [3.63, 3.8) is 0 Å². The number of nitrogens with one attached hydrogen (secondary N) is 1. The molecular weight excluding hydrogens is 440 g/mol. The monoisotopic (exact) mass is 472 g/mol. The summed E-state index contributed by atoms with van der Waals surface area (Å²) in [6.07, 6.45) is 1.74. The van der Waals surface area contributed by atoms with Gasteiger partial charge in [0.25, 0.3) is 0 Å². The van der Waals surface area contributed by atoms with Crippen LogP contribution in [-0.2, 0) is 19.8 Å². The Morgan fingerprint density at radius 3 is 2.21 bits per heavy atom. The van der Waals surface area contributed by atoms with E-state index in [1.165, 1.54) is 7.11 Å². The van der Waals surface area contributed by atoms with Crippen LogP contribution in [0.4, 0.5) is 10.5 Å². The SMILES string of the molecule is CC.CCC(C(=O)OC)(c1ccc(Cl)cc1)n1ccc2c(NC(=O)OC(C)(C)C)cccc21. The topological polar surface area (TPSA) is 69.6 Å². The van der Waals surface area contributed by atoms with Crippen LogP contribution in [0.25, 0.3) is 10.9 Å². The molecule has 178 valence electrons. The third-order valence-electron chi connectivity index (χ3n) is 5.14. The highest BCUT2D eigenvalue weighted by atomic mass is 35.5. The number of amides is 1. The number of nitrogens with zero attached hydrogens (tertiary/aromatic N) is 1. The van der Waals surface area contributed by atoms with Crippen LogP contribution in [0.2, 0.25) is 5.02 Å². The number of rotatable bonds is 5. The number of anilines is 1. The van der Waals surface area contributed by atoms with Gasteiger partial charge >= 0.3 is 12.1 Å². The lowest BCUT2D eigenvalue weighted by molar-refractivity contribution is -0.149. The third kappa shape index (κ3) is 5.50. The van der Waals surface area contributed by atoms with E-state index in [1.54, 1.807) is 18.2 Å². The molecule has 2 aromatic carbocycles. The Bertz CT molecular complexity index is 1100. The zero-order valence-corrected chi connectivity index (χ0v) is 21.1. The molecule has 3 aromatic rings. The van der Waals surface area contributed by atoms with Crippen molar-refractivity contribution in [2.24, 2.45) is 0 Å². The normalized spacial score (nSPS) is 12.8. The molecule has 1 atom stereocenters. The summed E-state index contributed by atoms with van der Waals surface area (Å²) in [5, 5.41) is 4.17. The average Bonchev–Trinajstić information content (AvgIpc) is 3.21. The molecule has 3 rings (SSSR count). The van der Waals surface area contributed by atoms with Crippen LogP contribution < -0.4 is 5.32 Å². The number of benzene rings is 2. The van der Waals surface area contributed by atoms with Crippen molar-refractivity contribution in [2.75, 3.05) is 12.4 Å². The number of methoxy groups -OCH3 is 1. The molecule has 6 nitrogen and oxygen atoms in total. The van der Waals surface area contributed by atoms with Gasteiger partial charge < -0.3 is 14.0 Å². The molecule has 1 aromatic heterocycles. The number of carbonyl (C=O) groups excluding carboxylic acids is 2. The average molecular weight is 473 g/mol. The van der Waals surface area contributed by atoms with Gasteiger partial charge in [-0.25, -0.2) is 9.59 Å². The van der Waals surface area contributed by atoms with Crippen molar-refractivity contribution in [1.82, 2.24) is 4.57 Å². The molecule has 0 saturated carbocycles. The first kappa shape index (κ1) is 26.3. The van der Waals surface area contributed by atoms with Crippen LogP contribution in [0.3, 0.4) is 0 Å². The fourth-order valence-corrected chi connectivity index (χ4v) is 3.92. The van der Waals surface area contributed by atoms with Crippen LogP contribution in [-0.4, -0.2) is 29.3 Å². The number of halogens is 1. The van der Waals surface area contributed by atoms with Crippen molar-refractivity contribution in [2.45, 2.75) is 59.1 Å². The highest BCUT2D eigenvalue weighted by Gasteiger charge is 2.42. The van der Waals surface area contributed by atoms with Gasteiger partial charge in [-0.1, -0.05) is 50.6 Å². The van der Waals surface area contributed by atoms with E-state index < -0.39 is 17.2 Å². The Morgan fingerprint density at radius 2 is 1.67 bits per heavy atom. The molecular formula is C26H33ClN2O4. The highest BCUT2D eigenvalue weighted by Crippen LogP contribution is 2.37. The maximum atomic E-state index is 13.1. The molecule has 0 aliphatic heterocycles. The van der Waals surface area contributed by atoms with Gasteiger partial charge in [0.05, 0.1) is 18.3 Å². The predicted octanol–water partition coefficient (Wildman–Crippen LogP) is 6.99. The van der Waals surface area contributed by atoms with Crippen molar-refractivity contribution in [3.8, 4) is 0 Å². The van der Waals surface area contributed by atoms with E-state index in [4.69, 9.17) is 21.1 Å². The first-order chi connectivity index (χ1) is 15.6. The molecule has 0 aliphatic rings. The Morgan fingerprint density at radius 1 is 1.03 bits per heavy atom. The first-order valence-corrected chi connectivity index (χ1v) is 11.4. The van der Waals surface area contributed by atoms with E-state index in [0.717, 1.165) is 16.5 Å². The Kier molecular flexibility index (Phi) is 8.56. The lowest BCUT2D eigenvalue weighted by Gasteiger charge is -2.33. The molecule has 1 amide bonds. The van der Waals surface area contributed by atoms with Crippen molar-refractivity contribution in [1.29, 1.82) is 0 Å². The Labute approximate surface area is 200 Å². The van der Waals surface area contributed by atoms with Gasteiger partial charge in [-0.3, -0.25) is 5.32 Å². The quantitative estimate of drug-likeness (QED) is 0.406. The smallest absolute Gasteiger partial charge is 0.412 e. The van der Waals surface area contributed by atoms with E-state index in [9.17, 15) is 9.59 Å². The van der Waals surface area contributed by atoms with Crippen LogP contribution in [0.15, 0.2) is 54.7 Å². The molecule has 1 unspecified atom stereocenters. The van der Waals surface area contributed by atoms with Gasteiger partial charge in [-0.15, -0.1) is 0 Å². The van der Waals surface area contributed by atoms with Gasteiger partial charge in [-0.2, -0.15) is 0 Å².